The molecule has 0 bridgehead atoms. The Bertz CT molecular complexity index is 745. The van der Waals surface area contributed by atoms with E-state index in [1.807, 2.05) is 60.7 Å². The fourth-order valence-corrected chi connectivity index (χ4v) is 2.23. The van der Waals surface area contributed by atoms with E-state index in [0.29, 0.717) is 19.5 Å². The van der Waals surface area contributed by atoms with Crippen LogP contribution in [0.25, 0.3) is 0 Å². The van der Waals surface area contributed by atoms with E-state index in [-0.39, 0.29) is 12.4 Å². The lowest BCUT2D eigenvalue weighted by Gasteiger charge is -2.21. The van der Waals surface area contributed by atoms with Crippen molar-refractivity contribution in [1.29, 1.82) is 0 Å². The lowest BCUT2D eigenvalue weighted by Crippen LogP contribution is -2.32. The summed E-state index contributed by atoms with van der Waals surface area (Å²) in [5.74, 6) is 5.10. The molecule has 0 aliphatic heterocycles. The summed E-state index contributed by atoms with van der Waals surface area (Å²) in [4.78, 5) is 24.9. The van der Waals surface area contributed by atoms with Gasteiger partial charge in [0.05, 0.1) is 0 Å². The topological polar surface area (TPSA) is 46.6 Å². The SMILES string of the molecule is CC(=O)C#CCCN(Cc1ccccc1)C(=O)OCc1ccccc1. The first-order chi connectivity index (χ1) is 12.1. The number of ether oxygens (including phenoxy) is 1. The van der Waals surface area contributed by atoms with Crippen LogP contribution in [0.2, 0.25) is 0 Å². The Morgan fingerprint density at radius 3 is 2.16 bits per heavy atom. The Labute approximate surface area is 148 Å². The van der Waals surface area contributed by atoms with Crippen LogP contribution in [-0.2, 0) is 22.7 Å². The summed E-state index contributed by atoms with van der Waals surface area (Å²) >= 11 is 0. The molecule has 0 N–H and O–H groups in total. The highest BCUT2D eigenvalue weighted by atomic mass is 16.6. The van der Waals surface area contributed by atoms with Gasteiger partial charge in [0.1, 0.15) is 6.61 Å². The molecule has 0 fully saturated rings. The molecule has 0 saturated heterocycles. The number of Topliss-reactive ketones (excluding diaryl/α,β-unsaturated/α-hetero) is 1. The van der Waals surface area contributed by atoms with Crippen molar-refractivity contribution in [1.82, 2.24) is 4.90 Å². The monoisotopic (exact) mass is 335 g/mol. The van der Waals surface area contributed by atoms with E-state index in [1.54, 1.807) is 4.90 Å². The zero-order valence-electron chi connectivity index (χ0n) is 14.3. The first-order valence-electron chi connectivity index (χ1n) is 8.14. The number of hydrogen-bond donors (Lipinski definition) is 0. The van der Waals surface area contributed by atoms with Crippen LogP contribution >= 0.6 is 0 Å². The van der Waals surface area contributed by atoms with Crippen molar-refractivity contribution in [2.75, 3.05) is 6.54 Å². The van der Waals surface area contributed by atoms with Crippen LogP contribution in [-0.4, -0.2) is 23.3 Å². The van der Waals surface area contributed by atoms with Crippen LogP contribution in [0.1, 0.15) is 24.5 Å². The molecule has 0 aliphatic rings. The number of carbonyl (C=O) groups is 2. The Morgan fingerprint density at radius 2 is 1.56 bits per heavy atom. The Balaban J connectivity index is 1.97. The van der Waals surface area contributed by atoms with E-state index >= 15 is 0 Å². The molecule has 2 rings (SSSR count). The lowest BCUT2D eigenvalue weighted by atomic mass is 10.2. The molecule has 128 valence electrons. The van der Waals surface area contributed by atoms with Crippen molar-refractivity contribution in [2.24, 2.45) is 0 Å². The molecule has 2 aromatic carbocycles. The molecular formula is C21H21NO3. The number of rotatable bonds is 6. The first kappa shape index (κ1) is 18.3. The van der Waals surface area contributed by atoms with Gasteiger partial charge in [0.25, 0.3) is 0 Å². The standard InChI is InChI=1S/C21H21NO3/c1-18(23)10-8-9-15-22(16-19-11-4-2-5-12-19)21(24)25-17-20-13-6-3-7-14-20/h2-7,11-14H,9,15-17H2,1H3. The minimum Gasteiger partial charge on any atom is -0.445 e. The van der Waals surface area contributed by atoms with Gasteiger partial charge in [-0.1, -0.05) is 66.6 Å². The van der Waals surface area contributed by atoms with Gasteiger partial charge in [-0.2, -0.15) is 0 Å². The Hall–Kier alpha value is -3.06. The zero-order valence-corrected chi connectivity index (χ0v) is 14.3. The number of ketones is 1. The average molecular weight is 335 g/mol. The van der Waals surface area contributed by atoms with E-state index < -0.39 is 6.09 Å². The van der Waals surface area contributed by atoms with E-state index in [9.17, 15) is 9.59 Å². The molecule has 0 atom stereocenters. The molecular weight excluding hydrogens is 314 g/mol. The molecule has 2 aromatic rings. The third-order valence-electron chi connectivity index (χ3n) is 3.45. The van der Waals surface area contributed by atoms with Gasteiger partial charge >= 0.3 is 6.09 Å². The molecule has 0 spiro atoms. The van der Waals surface area contributed by atoms with E-state index in [0.717, 1.165) is 11.1 Å². The van der Waals surface area contributed by atoms with Crippen LogP contribution in [0.15, 0.2) is 60.7 Å². The van der Waals surface area contributed by atoms with Crippen LogP contribution < -0.4 is 0 Å². The fraction of sp³-hybridized carbons (Fsp3) is 0.238. The summed E-state index contributed by atoms with van der Waals surface area (Å²) in [6, 6.07) is 19.2. The minimum atomic E-state index is -0.391. The largest absolute Gasteiger partial charge is 0.445 e. The van der Waals surface area contributed by atoms with Gasteiger partial charge in [-0.05, 0) is 17.0 Å². The summed E-state index contributed by atoms with van der Waals surface area (Å²) in [6.45, 7) is 2.49. The van der Waals surface area contributed by atoms with Gasteiger partial charge in [0.15, 0.2) is 0 Å². The van der Waals surface area contributed by atoms with Crippen molar-refractivity contribution < 1.29 is 14.3 Å². The van der Waals surface area contributed by atoms with Crippen molar-refractivity contribution in [3.05, 3.63) is 71.8 Å². The highest BCUT2D eigenvalue weighted by Crippen LogP contribution is 2.09. The average Bonchev–Trinajstić information content (AvgIpc) is 2.63. The summed E-state index contributed by atoms with van der Waals surface area (Å²) in [5.41, 5.74) is 1.95. The second-order valence-electron chi connectivity index (χ2n) is 5.56. The maximum absolute atomic E-state index is 12.4. The first-order valence-corrected chi connectivity index (χ1v) is 8.14. The fourth-order valence-electron chi connectivity index (χ4n) is 2.23. The molecule has 0 aromatic heterocycles. The predicted octanol–water partition coefficient (Wildman–Crippen LogP) is 3.81. The molecule has 25 heavy (non-hydrogen) atoms. The van der Waals surface area contributed by atoms with Crippen molar-refractivity contribution >= 4 is 11.9 Å². The van der Waals surface area contributed by atoms with Gasteiger partial charge in [-0.15, -0.1) is 0 Å². The van der Waals surface area contributed by atoms with Crippen molar-refractivity contribution in [3.63, 3.8) is 0 Å². The number of benzene rings is 2. The van der Waals surface area contributed by atoms with Gasteiger partial charge in [0.2, 0.25) is 5.78 Å². The van der Waals surface area contributed by atoms with Crippen molar-refractivity contribution in [2.45, 2.75) is 26.5 Å². The zero-order chi connectivity index (χ0) is 17.9. The summed E-state index contributed by atoms with van der Waals surface area (Å²) in [5, 5.41) is 0. The number of amides is 1. The quantitative estimate of drug-likeness (QED) is 0.596. The molecule has 0 aliphatic carbocycles. The van der Waals surface area contributed by atoms with E-state index in [1.165, 1.54) is 6.92 Å². The summed E-state index contributed by atoms with van der Waals surface area (Å²) < 4.78 is 5.41. The maximum Gasteiger partial charge on any atom is 0.410 e. The lowest BCUT2D eigenvalue weighted by molar-refractivity contribution is -0.111. The highest BCUT2D eigenvalue weighted by molar-refractivity contribution is 5.93. The summed E-state index contributed by atoms with van der Waals surface area (Å²) in [6.07, 6.45) is 0.0321. The third kappa shape index (κ3) is 6.92. The number of carbonyl (C=O) groups excluding carboxylic acids is 2. The molecule has 1 amide bonds. The summed E-state index contributed by atoms with van der Waals surface area (Å²) in [7, 11) is 0. The predicted molar refractivity (Wildman–Crippen MR) is 96.6 cm³/mol. The Morgan fingerprint density at radius 1 is 0.960 bits per heavy atom. The van der Waals surface area contributed by atoms with Gasteiger partial charge < -0.3 is 9.64 Å². The Kier molecular flexibility index (Phi) is 7.27. The molecule has 0 radical (unpaired) electrons. The van der Waals surface area contributed by atoms with Crippen LogP contribution in [0.5, 0.6) is 0 Å². The smallest absolute Gasteiger partial charge is 0.410 e. The van der Waals surface area contributed by atoms with Crippen LogP contribution in [0, 0.1) is 11.8 Å². The normalized spacial score (nSPS) is 9.64. The van der Waals surface area contributed by atoms with Crippen LogP contribution in [0.4, 0.5) is 4.79 Å². The molecule has 4 heteroatoms. The van der Waals surface area contributed by atoms with Gasteiger partial charge in [-0.25, -0.2) is 4.79 Å². The highest BCUT2D eigenvalue weighted by Gasteiger charge is 2.15. The van der Waals surface area contributed by atoms with E-state index in [2.05, 4.69) is 11.8 Å². The second kappa shape index (κ2) is 9.94. The molecule has 0 saturated carbocycles. The van der Waals surface area contributed by atoms with Crippen molar-refractivity contribution in [3.8, 4) is 11.8 Å². The van der Waals surface area contributed by atoms with Gasteiger partial charge in [0, 0.05) is 26.4 Å². The molecule has 0 heterocycles. The maximum atomic E-state index is 12.4. The second-order valence-corrected chi connectivity index (χ2v) is 5.56. The molecule has 0 unspecified atom stereocenters. The third-order valence-corrected chi connectivity index (χ3v) is 3.45. The number of hydrogen-bond acceptors (Lipinski definition) is 3. The number of nitrogens with zero attached hydrogens (tertiary/aromatic N) is 1. The van der Waals surface area contributed by atoms with E-state index in [4.69, 9.17) is 4.74 Å². The minimum absolute atomic E-state index is 0.179. The van der Waals surface area contributed by atoms with Crippen LogP contribution in [0.3, 0.4) is 0 Å². The van der Waals surface area contributed by atoms with Gasteiger partial charge in [-0.3, -0.25) is 4.79 Å². The molecule has 4 nitrogen and oxygen atoms in total.